The Morgan fingerprint density at radius 2 is 2.08 bits per heavy atom. The second-order valence-electron chi connectivity index (χ2n) is 5.67. The number of H-pyrrole nitrogens is 1. The van der Waals surface area contributed by atoms with Crippen molar-refractivity contribution in [2.24, 2.45) is 0 Å². The Balaban J connectivity index is 1.93. The molecule has 132 valence electrons. The number of hydrogen-bond acceptors (Lipinski definition) is 6. The Bertz CT molecular complexity index is 752. The largest absolute Gasteiger partial charge is 0.451 e. The molecule has 0 unspecified atom stereocenters. The predicted octanol–water partition coefficient (Wildman–Crippen LogP) is 0.410. The number of amides is 1. The van der Waals surface area contributed by atoms with E-state index in [4.69, 9.17) is 4.74 Å². The van der Waals surface area contributed by atoms with E-state index in [2.05, 4.69) is 4.98 Å². The summed E-state index contributed by atoms with van der Waals surface area (Å²) in [4.78, 5) is 39.3. The van der Waals surface area contributed by atoms with Gasteiger partial charge in [0.05, 0.1) is 11.5 Å². The highest BCUT2D eigenvalue weighted by Gasteiger charge is 2.34. The zero-order valence-electron chi connectivity index (χ0n) is 13.6. The van der Waals surface area contributed by atoms with Gasteiger partial charge >= 0.3 is 5.97 Å². The molecule has 1 aliphatic heterocycles. The molecule has 1 aliphatic rings. The van der Waals surface area contributed by atoms with E-state index in [-0.39, 0.29) is 29.0 Å². The van der Waals surface area contributed by atoms with Gasteiger partial charge in [0, 0.05) is 24.3 Å². The van der Waals surface area contributed by atoms with Gasteiger partial charge in [-0.25, -0.2) is 13.2 Å². The summed E-state index contributed by atoms with van der Waals surface area (Å²) in [7, 11) is -3.10. The molecule has 0 aromatic carbocycles. The van der Waals surface area contributed by atoms with E-state index in [1.54, 1.807) is 6.92 Å². The lowest BCUT2D eigenvalue weighted by molar-refractivity contribution is -0.136. The number of rotatable bonds is 6. The standard InChI is InChI=1S/C15H20N2O6S/c1-3-17(12-4-5-24(21,22)9-12)14(19)8-23-15(20)13-6-11(7-16-13)10(2)18/h6-7,12,16H,3-5,8-9H2,1-2H3/t12-/m0/s1. The highest BCUT2D eigenvalue weighted by Crippen LogP contribution is 2.18. The number of esters is 1. The average Bonchev–Trinajstić information content (AvgIpc) is 3.12. The molecule has 9 heteroatoms. The molecule has 1 amide bonds. The first-order chi connectivity index (χ1) is 11.2. The third-order valence-electron chi connectivity index (χ3n) is 3.95. The van der Waals surface area contributed by atoms with Gasteiger partial charge in [0.2, 0.25) is 0 Å². The zero-order chi connectivity index (χ0) is 17.9. The van der Waals surface area contributed by atoms with Crippen LogP contribution >= 0.6 is 0 Å². The molecule has 0 aliphatic carbocycles. The van der Waals surface area contributed by atoms with Crippen LogP contribution in [0.4, 0.5) is 0 Å². The molecule has 2 heterocycles. The van der Waals surface area contributed by atoms with Gasteiger partial charge in [-0.1, -0.05) is 0 Å². The molecule has 0 bridgehead atoms. The van der Waals surface area contributed by atoms with Crippen molar-refractivity contribution in [2.75, 3.05) is 24.7 Å². The monoisotopic (exact) mass is 356 g/mol. The van der Waals surface area contributed by atoms with Gasteiger partial charge in [0.1, 0.15) is 5.69 Å². The first-order valence-electron chi connectivity index (χ1n) is 7.60. The topological polar surface area (TPSA) is 114 Å². The molecule has 24 heavy (non-hydrogen) atoms. The summed E-state index contributed by atoms with van der Waals surface area (Å²) >= 11 is 0. The Morgan fingerprint density at radius 1 is 1.38 bits per heavy atom. The highest BCUT2D eigenvalue weighted by atomic mass is 32.2. The van der Waals surface area contributed by atoms with E-state index in [1.165, 1.54) is 24.1 Å². The highest BCUT2D eigenvalue weighted by molar-refractivity contribution is 7.91. The van der Waals surface area contributed by atoms with Crippen LogP contribution in [0, 0.1) is 0 Å². The average molecular weight is 356 g/mol. The van der Waals surface area contributed by atoms with Crippen LogP contribution in [0.25, 0.3) is 0 Å². The summed E-state index contributed by atoms with van der Waals surface area (Å²) in [5, 5.41) is 0. The van der Waals surface area contributed by atoms with Crippen LogP contribution in [0.2, 0.25) is 0 Å². The van der Waals surface area contributed by atoms with Crippen molar-refractivity contribution in [1.82, 2.24) is 9.88 Å². The summed E-state index contributed by atoms with van der Waals surface area (Å²) in [6, 6.07) is 0.983. The number of likely N-dealkylation sites (N-methyl/N-ethyl adjacent to an activating group) is 1. The Labute approximate surface area is 140 Å². The van der Waals surface area contributed by atoms with Crippen LogP contribution in [-0.4, -0.2) is 66.7 Å². The summed E-state index contributed by atoms with van der Waals surface area (Å²) in [5.41, 5.74) is 0.430. The van der Waals surface area contributed by atoms with Gasteiger partial charge in [-0.15, -0.1) is 0 Å². The van der Waals surface area contributed by atoms with Crippen LogP contribution in [0.1, 0.15) is 41.1 Å². The first-order valence-corrected chi connectivity index (χ1v) is 9.42. The molecule has 0 radical (unpaired) electrons. The van der Waals surface area contributed by atoms with E-state index in [1.807, 2.05) is 0 Å². The number of carbonyl (C=O) groups excluding carboxylic acids is 3. The van der Waals surface area contributed by atoms with Crippen LogP contribution in [-0.2, 0) is 19.4 Å². The second kappa shape index (κ2) is 7.16. The van der Waals surface area contributed by atoms with E-state index in [9.17, 15) is 22.8 Å². The summed E-state index contributed by atoms with van der Waals surface area (Å²) in [5.74, 6) is -1.37. The number of aromatic nitrogens is 1. The number of ether oxygens (including phenoxy) is 1. The minimum absolute atomic E-state index is 0.0564. The molecule has 1 aromatic rings. The van der Waals surface area contributed by atoms with Crippen molar-refractivity contribution in [2.45, 2.75) is 26.3 Å². The summed E-state index contributed by atoms with van der Waals surface area (Å²) in [6.07, 6.45) is 1.79. The van der Waals surface area contributed by atoms with Crippen molar-refractivity contribution in [3.8, 4) is 0 Å². The predicted molar refractivity (Wildman–Crippen MR) is 85.5 cm³/mol. The van der Waals surface area contributed by atoms with E-state index >= 15 is 0 Å². The summed E-state index contributed by atoms with van der Waals surface area (Å²) in [6.45, 7) is 2.98. The lowest BCUT2D eigenvalue weighted by Gasteiger charge is -2.26. The Hall–Kier alpha value is -2.16. The van der Waals surface area contributed by atoms with E-state index in [0.717, 1.165) is 0 Å². The number of sulfone groups is 1. The minimum Gasteiger partial charge on any atom is -0.451 e. The smallest absolute Gasteiger partial charge is 0.355 e. The molecule has 8 nitrogen and oxygen atoms in total. The maximum Gasteiger partial charge on any atom is 0.355 e. The van der Waals surface area contributed by atoms with Crippen molar-refractivity contribution in [1.29, 1.82) is 0 Å². The van der Waals surface area contributed by atoms with Gasteiger partial charge in [-0.2, -0.15) is 0 Å². The SMILES string of the molecule is CCN(C(=O)COC(=O)c1cc(C(C)=O)c[nH]1)[C@H]1CCS(=O)(=O)C1. The van der Waals surface area contributed by atoms with Crippen molar-refractivity contribution < 1.29 is 27.5 Å². The van der Waals surface area contributed by atoms with E-state index < -0.39 is 28.3 Å². The number of ketones is 1. The minimum atomic E-state index is -3.10. The quantitative estimate of drug-likeness (QED) is 0.583. The molecule has 2 rings (SSSR count). The number of nitrogens with zero attached hydrogens (tertiary/aromatic N) is 1. The molecule has 1 fully saturated rings. The molecule has 1 N–H and O–H groups in total. The summed E-state index contributed by atoms with van der Waals surface area (Å²) < 4.78 is 28.0. The molecular weight excluding hydrogens is 336 g/mol. The normalized spacial score (nSPS) is 19.0. The van der Waals surface area contributed by atoms with Gasteiger partial charge < -0.3 is 14.6 Å². The molecule has 0 saturated carbocycles. The molecule has 0 spiro atoms. The Kier molecular flexibility index (Phi) is 5.43. The zero-order valence-corrected chi connectivity index (χ0v) is 14.4. The van der Waals surface area contributed by atoms with Crippen molar-refractivity contribution in [3.63, 3.8) is 0 Å². The van der Waals surface area contributed by atoms with Crippen LogP contribution < -0.4 is 0 Å². The van der Waals surface area contributed by atoms with Crippen LogP contribution in [0.15, 0.2) is 12.3 Å². The first kappa shape index (κ1) is 18.2. The fourth-order valence-electron chi connectivity index (χ4n) is 2.66. The van der Waals surface area contributed by atoms with Crippen molar-refractivity contribution in [3.05, 3.63) is 23.5 Å². The van der Waals surface area contributed by atoms with Gasteiger partial charge in [-0.3, -0.25) is 9.59 Å². The third kappa shape index (κ3) is 4.22. The lowest BCUT2D eigenvalue weighted by Crippen LogP contribution is -2.43. The van der Waals surface area contributed by atoms with E-state index in [0.29, 0.717) is 18.5 Å². The maximum absolute atomic E-state index is 12.2. The Morgan fingerprint density at radius 3 is 2.58 bits per heavy atom. The number of Topliss-reactive ketones (excluding diaryl/α,β-unsaturated/α-hetero) is 1. The number of hydrogen-bond donors (Lipinski definition) is 1. The maximum atomic E-state index is 12.2. The molecule has 1 atom stereocenters. The number of aromatic amines is 1. The fraction of sp³-hybridized carbons (Fsp3) is 0.533. The molecule has 1 aromatic heterocycles. The second-order valence-corrected chi connectivity index (χ2v) is 7.90. The van der Waals surface area contributed by atoms with Crippen molar-refractivity contribution >= 4 is 27.5 Å². The van der Waals surface area contributed by atoms with Crippen LogP contribution in [0.3, 0.4) is 0 Å². The fourth-order valence-corrected chi connectivity index (χ4v) is 4.39. The van der Waals surface area contributed by atoms with Gasteiger partial charge in [0.15, 0.2) is 22.2 Å². The van der Waals surface area contributed by atoms with Gasteiger partial charge in [0.25, 0.3) is 5.91 Å². The molecular formula is C15H20N2O6S. The number of carbonyl (C=O) groups is 3. The van der Waals surface area contributed by atoms with Crippen LogP contribution in [0.5, 0.6) is 0 Å². The third-order valence-corrected chi connectivity index (χ3v) is 5.70. The molecule has 1 saturated heterocycles. The van der Waals surface area contributed by atoms with Gasteiger partial charge in [-0.05, 0) is 26.3 Å². The number of nitrogens with one attached hydrogen (secondary N) is 1. The lowest BCUT2D eigenvalue weighted by atomic mass is 10.2.